The van der Waals surface area contributed by atoms with Crippen LogP contribution in [-0.4, -0.2) is 60.7 Å². The monoisotopic (exact) mass is 412 g/mol. The molecule has 0 unspecified atom stereocenters. The van der Waals surface area contributed by atoms with Gasteiger partial charge in [-0.1, -0.05) is 0 Å². The second-order valence-electron chi connectivity index (χ2n) is 6.93. The van der Waals surface area contributed by atoms with Crippen LogP contribution < -0.4 is 10.5 Å². The number of amides is 2. The molecule has 1 rings (SSSR count). The fourth-order valence-electron chi connectivity index (χ4n) is 2.36. The Balaban J connectivity index is 3.40. The molecule has 1 aromatic rings. The van der Waals surface area contributed by atoms with Crippen LogP contribution in [0.25, 0.3) is 0 Å². The molecule has 0 aliphatic heterocycles. The minimum Gasteiger partial charge on any atom is -0.495 e. The molecule has 9 heteroatoms. The number of nitrogens with two attached hydrogens (primary N) is 1. The zero-order valence-electron chi connectivity index (χ0n) is 17.1. The maximum Gasteiger partial charge on any atom is 0.418 e. The molecule has 0 fully saturated rings. The fraction of sp³-hybridized carbons (Fsp3) is 0.526. The van der Waals surface area contributed by atoms with Crippen LogP contribution in [0.2, 0.25) is 0 Å². The zero-order valence-corrected chi connectivity index (χ0v) is 17.9. The Morgan fingerprint density at radius 2 is 1.86 bits per heavy atom. The number of thioether (sulfide) groups is 1. The van der Waals surface area contributed by atoms with Gasteiger partial charge in [0.2, 0.25) is 0 Å². The van der Waals surface area contributed by atoms with Crippen molar-refractivity contribution in [1.82, 2.24) is 4.90 Å². The van der Waals surface area contributed by atoms with E-state index < -0.39 is 29.6 Å². The number of hydrogen-bond donors (Lipinski definition) is 1. The summed E-state index contributed by atoms with van der Waals surface area (Å²) in [5.74, 6) is -0.578. The van der Waals surface area contributed by atoms with Gasteiger partial charge in [0.05, 0.1) is 19.9 Å². The number of imide groups is 1. The molecular weight excluding hydrogens is 384 g/mol. The lowest BCUT2D eigenvalue weighted by Crippen LogP contribution is -2.51. The third kappa shape index (κ3) is 6.33. The number of benzene rings is 1. The first-order valence-electron chi connectivity index (χ1n) is 8.62. The van der Waals surface area contributed by atoms with Crippen molar-refractivity contribution >= 4 is 35.4 Å². The van der Waals surface area contributed by atoms with Crippen molar-refractivity contribution in [1.29, 1.82) is 0 Å². The van der Waals surface area contributed by atoms with Crippen LogP contribution in [0.4, 0.5) is 10.5 Å². The Kier molecular flexibility index (Phi) is 8.62. The minimum absolute atomic E-state index is 0.134. The molecule has 0 spiro atoms. The molecule has 0 aliphatic rings. The number of carbonyl (C=O) groups excluding carboxylic acids is 3. The van der Waals surface area contributed by atoms with Crippen LogP contribution in [0, 0.1) is 0 Å². The largest absolute Gasteiger partial charge is 0.495 e. The first-order valence-corrected chi connectivity index (χ1v) is 10.0. The molecule has 0 bridgehead atoms. The first-order chi connectivity index (χ1) is 13.1. The molecule has 28 heavy (non-hydrogen) atoms. The molecule has 1 aromatic carbocycles. The lowest BCUT2D eigenvalue weighted by Gasteiger charge is -2.30. The summed E-state index contributed by atoms with van der Waals surface area (Å²) in [6, 6.07) is 3.25. The molecule has 156 valence electrons. The topological polar surface area (TPSA) is 108 Å². The number of nitrogen functional groups attached to an aromatic ring is 1. The average Bonchev–Trinajstić information content (AvgIpc) is 2.62. The predicted molar refractivity (Wildman–Crippen MR) is 109 cm³/mol. The summed E-state index contributed by atoms with van der Waals surface area (Å²) in [6.07, 6.45) is 1.16. The quantitative estimate of drug-likeness (QED) is 0.538. The number of hydrogen-bond acceptors (Lipinski definition) is 8. The van der Waals surface area contributed by atoms with Gasteiger partial charge in [-0.2, -0.15) is 11.8 Å². The van der Waals surface area contributed by atoms with Crippen molar-refractivity contribution < 1.29 is 28.6 Å². The summed E-state index contributed by atoms with van der Waals surface area (Å²) in [5.41, 5.74) is 5.42. The molecule has 0 aromatic heterocycles. The third-order valence-electron chi connectivity index (χ3n) is 3.67. The highest BCUT2D eigenvalue weighted by atomic mass is 32.2. The van der Waals surface area contributed by atoms with Gasteiger partial charge in [-0.3, -0.25) is 4.79 Å². The molecule has 0 saturated carbocycles. The van der Waals surface area contributed by atoms with Crippen LogP contribution in [0.5, 0.6) is 5.75 Å². The molecule has 2 amide bonds. The number of esters is 1. The van der Waals surface area contributed by atoms with Crippen LogP contribution in [0.1, 0.15) is 37.6 Å². The number of carbonyl (C=O) groups is 3. The van der Waals surface area contributed by atoms with E-state index in [0.29, 0.717) is 11.4 Å². The van der Waals surface area contributed by atoms with Gasteiger partial charge in [-0.15, -0.1) is 0 Å². The van der Waals surface area contributed by atoms with E-state index in [4.69, 9.17) is 19.9 Å². The van der Waals surface area contributed by atoms with E-state index in [0.717, 1.165) is 4.90 Å². The Morgan fingerprint density at radius 1 is 1.21 bits per heavy atom. The second kappa shape index (κ2) is 10.2. The van der Waals surface area contributed by atoms with Crippen molar-refractivity contribution in [3.05, 3.63) is 23.8 Å². The van der Waals surface area contributed by atoms with Gasteiger partial charge in [0.25, 0.3) is 5.91 Å². The van der Waals surface area contributed by atoms with Crippen molar-refractivity contribution in [3.63, 3.8) is 0 Å². The summed E-state index contributed by atoms with van der Waals surface area (Å²) in [6.45, 7) is 5.03. The summed E-state index contributed by atoms with van der Waals surface area (Å²) in [5, 5.41) is 0. The fourth-order valence-corrected chi connectivity index (χ4v) is 2.82. The zero-order chi connectivity index (χ0) is 21.5. The smallest absolute Gasteiger partial charge is 0.418 e. The highest BCUT2D eigenvalue weighted by molar-refractivity contribution is 7.98. The Bertz CT molecular complexity index is 717. The molecule has 0 heterocycles. The maximum atomic E-state index is 13.2. The van der Waals surface area contributed by atoms with Gasteiger partial charge in [0.15, 0.2) is 0 Å². The van der Waals surface area contributed by atoms with Crippen LogP contribution >= 0.6 is 11.8 Å². The molecular formula is C19H28N2O6S. The Hall–Kier alpha value is -2.42. The van der Waals surface area contributed by atoms with Crippen molar-refractivity contribution in [2.45, 2.75) is 38.8 Å². The van der Waals surface area contributed by atoms with E-state index in [1.807, 2.05) is 6.26 Å². The van der Waals surface area contributed by atoms with E-state index in [2.05, 4.69) is 0 Å². The van der Waals surface area contributed by atoms with Gasteiger partial charge in [-0.25, -0.2) is 14.5 Å². The summed E-state index contributed by atoms with van der Waals surface area (Å²) < 4.78 is 15.3. The molecule has 0 radical (unpaired) electrons. The number of methoxy groups -OCH3 is 2. The number of ether oxygens (including phenoxy) is 3. The van der Waals surface area contributed by atoms with Crippen molar-refractivity contribution in [3.8, 4) is 5.75 Å². The summed E-state index contributed by atoms with van der Waals surface area (Å²) in [4.78, 5) is 39.2. The van der Waals surface area contributed by atoms with Gasteiger partial charge < -0.3 is 19.9 Å². The SMILES string of the molecule is COC(=O)[C@H](CCSC)N(C(=O)OC(C)(C)C)C(=O)c1ccc(N)c(OC)c1. The molecule has 1 atom stereocenters. The van der Waals surface area contributed by atoms with E-state index in [1.54, 1.807) is 20.8 Å². The number of rotatable bonds is 7. The van der Waals surface area contributed by atoms with Crippen molar-refractivity contribution in [2.75, 3.05) is 32.0 Å². The normalized spacial score (nSPS) is 12.1. The second-order valence-corrected chi connectivity index (χ2v) is 7.92. The molecule has 2 N–H and O–H groups in total. The van der Waals surface area contributed by atoms with Crippen molar-refractivity contribution in [2.24, 2.45) is 0 Å². The number of nitrogens with zero attached hydrogens (tertiary/aromatic N) is 1. The standard InChI is InChI=1S/C19H28N2O6S/c1-19(2,3)27-18(24)21(14(9-10-28-6)17(23)26-5)16(22)12-7-8-13(20)15(11-12)25-4/h7-8,11,14H,9-10,20H2,1-6H3/t14-/m0/s1. The molecule has 0 aliphatic carbocycles. The van der Waals surface area contributed by atoms with E-state index >= 15 is 0 Å². The van der Waals surface area contributed by atoms with Crippen LogP contribution in [0.3, 0.4) is 0 Å². The van der Waals surface area contributed by atoms with E-state index in [1.165, 1.54) is 44.2 Å². The minimum atomic E-state index is -1.12. The third-order valence-corrected chi connectivity index (χ3v) is 4.31. The van der Waals surface area contributed by atoms with Gasteiger partial charge in [-0.05, 0) is 57.4 Å². The maximum absolute atomic E-state index is 13.2. The highest BCUT2D eigenvalue weighted by Crippen LogP contribution is 2.25. The predicted octanol–water partition coefficient (Wildman–Crippen LogP) is 2.95. The van der Waals surface area contributed by atoms with Crippen LogP contribution in [-0.2, 0) is 14.3 Å². The first kappa shape index (κ1) is 23.6. The van der Waals surface area contributed by atoms with E-state index in [9.17, 15) is 14.4 Å². The average molecular weight is 413 g/mol. The van der Waals surface area contributed by atoms with E-state index in [-0.39, 0.29) is 17.7 Å². The lowest BCUT2D eigenvalue weighted by atomic mass is 10.1. The van der Waals surface area contributed by atoms with Gasteiger partial charge in [0, 0.05) is 5.56 Å². The molecule has 0 saturated heterocycles. The summed E-state index contributed by atoms with van der Waals surface area (Å²) in [7, 11) is 2.62. The Morgan fingerprint density at radius 3 is 2.36 bits per heavy atom. The van der Waals surface area contributed by atoms with Gasteiger partial charge in [0.1, 0.15) is 17.4 Å². The lowest BCUT2D eigenvalue weighted by molar-refractivity contribution is -0.146. The number of anilines is 1. The summed E-state index contributed by atoms with van der Waals surface area (Å²) >= 11 is 1.48. The Labute approximate surface area is 169 Å². The van der Waals surface area contributed by atoms with Gasteiger partial charge >= 0.3 is 12.1 Å². The van der Waals surface area contributed by atoms with Crippen LogP contribution in [0.15, 0.2) is 18.2 Å². The molecule has 8 nitrogen and oxygen atoms in total. The highest BCUT2D eigenvalue weighted by Gasteiger charge is 2.38.